The molecule has 0 heterocycles. The fourth-order valence-electron chi connectivity index (χ4n) is 2.64. The minimum absolute atomic E-state index is 0.0181. The summed E-state index contributed by atoms with van der Waals surface area (Å²) in [4.78, 5) is 12.1. The van der Waals surface area contributed by atoms with E-state index >= 15 is 0 Å². The van der Waals surface area contributed by atoms with Crippen LogP contribution in [0.25, 0.3) is 0 Å². The van der Waals surface area contributed by atoms with Crippen LogP contribution in [0.4, 0.5) is 5.69 Å². The van der Waals surface area contributed by atoms with E-state index in [1.807, 2.05) is 0 Å². The molecule has 0 radical (unpaired) electrons. The van der Waals surface area contributed by atoms with Crippen molar-refractivity contribution in [1.82, 2.24) is 0 Å². The summed E-state index contributed by atoms with van der Waals surface area (Å²) in [6.45, 7) is 2.18. The van der Waals surface area contributed by atoms with E-state index in [0.717, 1.165) is 25.7 Å². The topological polar surface area (TPSA) is 52.3 Å². The minimum atomic E-state index is -0.359. The van der Waals surface area contributed by atoms with Gasteiger partial charge in [0.05, 0.1) is 5.56 Å². The Morgan fingerprint density at radius 2 is 2.26 bits per heavy atom. The molecule has 2 N–H and O–H groups in total. The number of carbonyl (C=O) groups is 1. The maximum atomic E-state index is 12.1. The van der Waals surface area contributed by atoms with Crippen LogP contribution in [0.15, 0.2) is 18.2 Å². The molecule has 19 heavy (non-hydrogen) atoms. The summed E-state index contributed by atoms with van der Waals surface area (Å²) < 4.78 is 5.57. The molecule has 2 atom stereocenters. The lowest BCUT2D eigenvalue weighted by Crippen LogP contribution is -2.25. The molecule has 3 nitrogen and oxygen atoms in total. The molecule has 1 aliphatic carbocycles. The summed E-state index contributed by atoms with van der Waals surface area (Å²) in [7, 11) is 0. The number of ether oxygens (including phenoxy) is 1. The Balaban J connectivity index is 2.02. The number of nitrogen functional groups attached to an aromatic ring is 1. The molecule has 1 aromatic rings. The van der Waals surface area contributed by atoms with Crippen LogP contribution in [-0.2, 0) is 4.74 Å². The number of hydrogen-bond donors (Lipinski definition) is 1. The third-order valence-corrected chi connectivity index (χ3v) is 4.06. The van der Waals surface area contributed by atoms with Gasteiger partial charge < -0.3 is 10.5 Å². The van der Waals surface area contributed by atoms with E-state index in [1.54, 1.807) is 18.2 Å². The minimum Gasteiger partial charge on any atom is -0.459 e. The maximum absolute atomic E-state index is 12.1. The van der Waals surface area contributed by atoms with Gasteiger partial charge in [-0.3, -0.25) is 0 Å². The summed E-state index contributed by atoms with van der Waals surface area (Å²) in [6, 6.07) is 4.87. The van der Waals surface area contributed by atoms with Gasteiger partial charge in [-0.15, -0.1) is 0 Å². The van der Waals surface area contributed by atoms with Crippen molar-refractivity contribution < 1.29 is 9.53 Å². The summed E-state index contributed by atoms with van der Waals surface area (Å²) in [5, 5.41) is 0.497. The van der Waals surface area contributed by atoms with Crippen molar-refractivity contribution in [1.29, 1.82) is 0 Å². The number of esters is 1. The van der Waals surface area contributed by atoms with Crippen LogP contribution in [-0.4, -0.2) is 12.1 Å². The third-order valence-electron chi connectivity index (χ3n) is 3.82. The van der Waals surface area contributed by atoms with E-state index in [2.05, 4.69) is 6.92 Å². The van der Waals surface area contributed by atoms with Gasteiger partial charge in [0.1, 0.15) is 6.10 Å². The average molecular weight is 282 g/mol. The van der Waals surface area contributed by atoms with E-state index in [4.69, 9.17) is 22.1 Å². The lowest BCUT2D eigenvalue weighted by atomic mass is 9.85. The second-order valence-corrected chi connectivity index (χ2v) is 5.64. The van der Waals surface area contributed by atoms with Crippen LogP contribution in [0, 0.1) is 5.92 Å². The van der Waals surface area contributed by atoms with Gasteiger partial charge >= 0.3 is 5.97 Å². The molecule has 1 fully saturated rings. The van der Waals surface area contributed by atoms with Gasteiger partial charge in [0.2, 0.25) is 0 Å². The van der Waals surface area contributed by atoms with Crippen LogP contribution in [0.5, 0.6) is 0 Å². The fourth-order valence-corrected chi connectivity index (χ4v) is 2.81. The second kappa shape index (κ2) is 6.29. The zero-order valence-electron chi connectivity index (χ0n) is 11.2. The Morgan fingerprint density at radius 3 is 3.00 bits per heavy atom. The molecule has 2 rings (SSSR count). The highest BCUT2D eigenvalue weighted by molar-refractivity contribution is 6.31. The van der Waals surface area contributed by atoms with Gasteiger partial charge in [0.15, 0.2) is 0 Å². The number of nitrogens with two attached hydrogens (primary N) is 1. The molecule has 0 amide bonds. The summed E-state index contributed by atoms with van der Waals surface area (Å²) in [6.07, 6.45) is 5.44. The Morgan fingerprint density at radius 1 is 1.47 bits per heavy atom. The van der Waals surface area contributed by atoms with Gasteiger partial charge in [-0.05, 0) is 43.4 Å². The van der Waals surface area contributed by atoms with Crippen molar-refractivity contribution in [2.45, 2.75) is 45.1 Å². The summed E-state index contributed by atoms with van der Waals surface area (Å²) >= 11 is 5.89. The standard InChI is InChI=1S/C15H20ClNO2/c1-2-10-4-3-5-12(8-10)19-15(18)13-9-11(16)6-7-14(13)17/h6-7,9-10,12H,2-5,8,17H2,1H3. The first-order valence-corrected chi connectivity index (χ1v) is 7.24. The molecule has 0 saturated heterocycles. The number of halogens is 1. The number of anilines is 1. The van der Waals surface area contributed by atoms with Gasteiger partial charge in [-0.1, -0.05) is 31.4 Å². The van der Waals surface area contributed by atoms with Gasteiger partial charge in [0, 0.05) is 10.7 Å². The molecule has 0 aromatic heterocycles. The molecule has 0 spiro atoms. The van der Waals surface area contributed by atoms with Crippen molar-refractivity contribution in [3.63, 3.8) is 0 Å². The molecule has 104 valence electrons. The van der Waals surface area contributed by atoms with E-state index in [1.165, 1.54) is 6.42 Å². The number of carbonyl (C=O) groups excluding carboxylic acids is 1. The van der Waals surface area contributed by atoms with Crippen molar-refractivity contribution in [3.05, 3.63) is 28.8 Å². The number of rotatable bonds is 3. The smallest absolute Gasteiger partial charge is 0.340 e. The van der Waals surface area contributed by atoms with Crippen molar-refractivity contribution in [3.8, 4) is 0 Å². The van der Waals surface area contributed by atoms with E-state index in [-0.39, 0.29) is 12.1 Å². The molecule has 1 saturated carbocycles. The molecular weight excluding hydrogens is 262 g/mol. The van der Waals surface area contributed by atoms with E-state index < -0.39 is 0 Å². The van der Waals surface area contributed by atoms with Crippen LogP contribution >= 0.6 is 11.6 Å². The number of hydrogen-bond acceptors (Lipinski definition) is 3. The molecular formula is C15H20ClNO2. The quantitative estimate of drug-likeness (QED) is 0.672. The van der Waals surface area contributed by atoms with Crippen molar-refractivity contribution in [2.24, 2.45) is 5.92 Å². The SMILES string of the molecule is CCC1CCCC(OC(=O)c2cc(Cl)ccc2N)C1. The van der Waals surface area contributed by atoms with E-state index in [0.29, 0.717) is 22.2 Å². The Bertz CT molecular complexity index is 461. The Labute approximate surface area is 119 Å². The maximum Gasteiger partial charge on any atom is 0.340 e. The summed E-state index contributed by atoms with van der Waals surface area (Å²) in [5.74, 6) is 0.310. The van der Waals surface area contributed by atoms with Gasteiger partial charge in [-0.25, -0.2) is 4.79 Å². The fraction of sp³-hybridized carbons (Fsp3) is 0.533. The molecule has 2 unspecified atom stereocenters. The van der Waals surface area contributed by atoms with E-state index in [9.17, 15) is 4.79 Å². The van der Waals surface area contributed by atoms with Gasteiger partial charge in [-0.2, -0.15) is 0 Å². The Kier molecular flexibility index (Phi) is 4.70. The van der Waals surface area contributed by atoms with Crippen molar-refractivity contribution in [2.75, 3.05) is 5.73 Å². The number of benzene rings is 1. The largest absolute Gasteiger partial charge is 0.459 e. The first kappa shape index (κ1) is 14.2. The zero-order valence-corrected chi connectivity index (χ0v) is 12.0. The predicted octanol–water partition coefficient (Wildman–Crippen LogP) is 4.05. The molecule has 0 aliphatic heterocycles. The highest BCUT2D eigenvalue weighted by Crippen LogP contribution is 2.29. The summed E-state index contributed by atoms with van der Waals surface area (Å²) in [5.41, 5.74) is 6.57. The molecule has 4 heteroatoms. The normalized spacial score (nSPS) is 23.1. The first-order chi connectivity index (χ1) is 9.10. The van der Waals surface area contributed by atoms with Crippen LogP contribution in [0.2, 0.25) is 5.02 Å². The molecule has 0 bridgehead atoms. The van der Waals surface area contributed by atoms with Crippen molar-refractivity contribution >= 4 is 23.3 Å². The highest BCUT2D eigenvalue weighted by atomic mass is 35.5. The molecule has 1 aromatic carbocycles. The van der Waals surface area contributed by atoms with Crippen LogP contribution in [0.3, 0.4) is 0 Å². The van der Waals surface area contributed by atoms with Crippen LogP contribution in [0.1, 0.15) is 49.4 Å². The third kappa shape index (κ3) is 3.63. The predicted molar refractivity (Wildman–Crippen MR) is 77.3 cm³/mol. The molecule has 1 aliphatic rings. The van der Waals surface area contributed by atoms with Crippen LogP contribution < -0.4 is 5.73 Å². The second-order valence-electron chi connectivity index (χ2n) is 5.20. The van der Waals surface area contributed by atoms with Gasteiger partial charge in [0.25, 0.3) is 0 Å². The average Bonchev–Trinajstić information content (AvgIpc) is 2.41. The lowest BCUT2D eigenvalue weighted by molar-refractivity contribution is 0.0141. The Hall–Kier alpha value is -1.22. The highest BCUT2D eigenvalue weighted by Gasteiger charge is 2.25. The first-order valence-electron chi connectivity index (χ1n) is 6.86. The monoisotopic (exact) mass is 281 g/mol. The zero-order chi connectivity index (χ0) is 13.8. The lowest BCUT2D eigenvalue weighted by Gasteiger charge is -2.28.